The number of hydrogen-bond donors (Lipinski definition) is 0. The van der Waals surface area contributed by atoms with Gasteiger partial charge in [-0.05, 0) is 29.6 Å². The summed E-state index contributed by atoms with van der Waals surface area (Å²) in [6.07, 6.45) is 0.842. The van der Waals surface area contributed by atoms with E-state index in [0.29, 0.717) is 61.6 Å². The molecular formula is C21H22N4O4S. The fourth-order valence-corrected chi connectivity index (χ4v) is 4.25. The van der Waals surface area contributed by atoms with Gasteiger partial charge < -0.3 is 18.9 Å². The molecule has 0 atom stereocenters. The number of carbonyl (C=O) groups is 1. The monoisotopic (exact) mass is 426 g/mol. The molecule has 30 heavy (non-hydrogen) atoms. The van der Waals surface area contributed by atoms with Gasteiger partial charge in [-0.25, -0.2) is 0 Å². The summed E-state index contributed by atoms with van der Waals surface area (Å²) in [7, 11) is 0. The van der Waals surface area contributed by atoms with Crippen molar-refractivity contribution in [2.75, 3.05) is 39.4 Å². The third-order valence-corrected chi connectivity index (χ3v) is 6.09. The number of rotatable bonds is 4. The van der Waals surface area contributed by atoms with E-state index in [1.807, 2.05) is 34.5 Å². The Bertz CT molecular complexity index is 1010. The maximum atomic E-state index is 12.9. The number of hydrogen-bond acceptors (Lipinski definition) is 8. The Morgan fingerprint density at radius 3 is 2.70 bits per heavy atom. The quantitative estimate of drug-likeness (QED) is 0.634. The number of benzene rings is 1. The molecule has 1 fully saturated rings. The maximum absolute atomic E-state index is 12.9. The summed E-state index contributed by atoms with van der Waals surface area (Å²) < 4.78 is 16.8. The number of thiophene rings is 1. The van der Waals surface area contributed by atoms with Gasteiger partial charge in [0.05, 0.1) is 24.6 Å². The van der Waals surface area contributed by atoms with Crippen LogP contribution in [0.15, 0.2) is 40.2 Å². The Hall–Kier alpha value is -2.91. The third kappa shape index (κ3) is 4.03. The lowest BCUT2D eigenvalue weighted by Gasteiger charge is -2.34. The molecule has 0 radical (unpaired) electrons. The van der Waals surface area contributed by atoms with E-state index in [0.717, 1.165) is 24.4 Å². The molecule has 2 aliphatic rings. The van der Waals surface area contributed by atoms with Gasteiger partial charge in [0, 0.05) is 38.2 Å². The van der Waals surface area contributed by atoms with Crippen molar-refractivity contribution in [3.8, 4) is 22.2 Å². The zero-order valence-corrected chi connectivity index (χ0v) is 17.3. The Labute approximate surface area is 178 Å². The van der Waals surface area contributed by atoms with Crippen molar-refractivity contribution in [2.24, 2.45) is 0 Å². The average molecular weight is 426 g/mol. The maximum Gasteiger partial charge on any atom is 0.254 e. The molecule has 9 heteroatoms. The minimum absolute atomic E-state index is 0.0167. The molecule has 0 unspecified atom stereocenters. The smallest absolute Gasteiger partial charge is 0.254 e. The highest BCUT2D eigenvalue weighted by Crippen LogP contribution is 2.31. The van der Waals surface area contributed by atoms with Gasteiger partial charge in [-0.3, -0.25) is 9.69 Å². The topological polar surface area (TPSA) is 80.9 Å². The molecule has 0 N–H and O–H groups in total. The predicted molar refractivity (Wildman–Crippen MR) is 111 cm³/mol. The number of ether oxygens (including phenoxy) is 2. The van der Waals surface area contributed by atoms with Crippen LogP contribution >= 0.6 is 11.3 Å². The molecule has 5 rings (SSSR count). The van der Waals surface area contributed by atoms with E-state index in [1.165, 1.54) is 0 Å². The SMILES string of the molecule is O=C(c1ccc2c(c1)OCCCO2)N1CCN(Cc2nc(-c3cccs3)no2)CC1. The number of carbonyl (C=O) groups excluding carboxylic acids is 1. The molecule has 0 spiro atoms. The highest BCUT2D eigenvalue weighted by molar-refractivity contribution is 7.13. The molecule has 0 saturated carbocycles. The number of piperazine rings is 1. The second-order valence-electron chi connectivity index (χ2n) is 7.27. The van der Waals surface area contributed by atoms with Crippen LogP contribution in [0.4, 0.5) is 0 Å². The van der Waals surface area contributed by atoms with Crippen LogP contribution in [0, 0.1) is 0 Å². The van der Waals surface area contributed by atoms with Gasteiger partial charge in [-0.2, -0.15) is 4.98 Å². The molecule has 8 nitrogen and oxygen atoms in total. The predicted octanol–water partition coefficient (Wildman–Crippen LogP) is 2.92. The van der Waals surface area contributed by atoms with Crippen LogP contribution in [0.25, 0.3) is 10.7 Å². The Balaban J connectivity index is 1.18. The van der Waals surface area contributed by atoms with Crippen LogP contribution < -0.4 is 9.47 Å². The van der Waals surface area contributed by atoms with Crippen molar-refractivity contribution in [2.45, 2.75) is 13.0 Å². The summed E-state index contributed by atoms with van der Waals surface area (Å²) in [5, 5.41) is 6.05. The van der Waals surface area contributed by atoms with Gasteiger partial charge in [0.15, 0.2) is 11.5 Å². The second-order valence-corrected chi connectivity index (χ2v) is 8.22. The summed E-state index contributed by atoms with van der Waals surface area (Å²) in [6, 6.07) is 9.37. The first-order valence-corrected chi connectivity index (χ1v) is 10.9. The number of fused-ring (bicyclic) bond motifs is 1. The summed E-state index contributed by atoms with van der Waals surface area (Å²) >= 11 is 1.59. The van der Waals surface area contributed by atoms with Gasteiger partial charge in [-0.1, -0.05) is 11.2 Å². The van der Waals surface area contributed by atoms with Gasteiger partial charge in [0.1, 0.15) is 0 Å². The van der Waals surface area contributed by atoms with Crippen molar-refractivity contribution < 1.29 is 18.8 Å². The highest BCUT2D eigenvalue weighted by atomic mass is 32.1. The molecule has 2 aromatic heterocycles. The number of amides is 1. The van der Waals surface area contributed by atoms with Crippen LogP contribution in [-0.4, -0.2) is 65.2 Å². The van der Waals surface area contributed by atoms with E-state index < -0.39 is 0 Å². The summed E-state index contributed by atoms with van der Waals surface area (Å²) in [4.78, 5) is 22.5. The van der Waals surface area contributed by atoms with E-state index in [2.05, 4.69) is 15.0 Å². The lowest BCUT2D eigenvalue weighted by Crippen LogP contribution is -2.48. The number of nitrogens with zero attached hydrogens (tertiary/aromatic N) is 4. The third-order valence-electron chi connectivity index (χ3n) is 5.22. The van der Waals surface area contributed by atoms with Gasteiger partial charge in [-0.15, -0.1) is 11.3 Å². The van der Waals surface area contributed by atoms with E-state index in [1.54, 1.807) is 17.4 Å². The Morgan fingerprint density at radius 2 is 1.90 bits per heavy atom. The van der Waals surface area contributed by atoms with Crippen molar-refractivity contribution in [1.29, 1.82) is 0 Å². The minimum atomic E-state index is 0.0167. The van der Waals surface area contributed by atoms with E-state index in [4.69, 9.17) is 14.0 Å². The largest absolute Gasteiger partial charge is 0.490 e. The molecule has 2 aliphatic heterocycles. The summed E-state index contributed by atoms with van der Waals surface area (Å²) in [6.45, 7) is 4.65. The van der Waals surface area contributed by atoms with Gasteiger partial charge in [0.2, 0.25) is 11.7 Å². The van der Waals surface area contributed by atoms with E-state index >= 15 is 0 Å². The Morgan fingerprint density at radius 1 is 1.07 bits per heavy atom. The Kier molecular flexibility index (Phi) is 5.37. The lowest BCUT2D eigenvalue weighted by atomic mass is 10.1. The first kappa shape index (κ1) is 19.1. The summed E-state index contributed by atoms with van der Waals surface area (Å²) in [5.41, 5.74) is 0.630. The first-order chi connectivity index (χ1) is 14.8. The number of aromatic nitrogens is 2. The highest BCUT2D eigenvalue weighted by Gasteiger charge is 2.24. The molecule has 0 bridgehead atoms. The molecule has 1 saturated heterocycles. The van der Waals surface area contributed by atoms with Crippen LogP contribution in [0.2, 0.25) is 0 Å². The van der Waals surface area contributed by atoms with Crippen molar-refractivity contribution in [3.05, 3.63) is 47.2 Å². The van der Waals surface area contributed by atoms with Crippen molar-refractivity contribution in [1.82, 2.24) is 19.9 Å². The van der Waals surface area contributed by atoms with Crippen LogP contribution in [0.1, 0.15) is 22.7 Å². The lowest BCUT2D eigenvalue weighted by molar-refractivity contribution is 0.0614. The van der Waals surface area contributed by atoms with Crippen LogP contribution in [-0.2, 0) is 6.54 Å². The second kappa shape index (κ2) is 8.45. The molecule has 0 aliphatic carbocycles. The van der Waals surface area contributed by atoms with Crippen molar-refractivity contribution in [3.63, 3.8) is 0 Å². The minimum Gasteiger partial charge on any atom is -0.490 e. The first-order valence-electron chi connectivity index (χ1n) is 10.0. The van der Waals surface area contributed by atoms with E-state index in [-0.39, 0.29) is 5.91 Å². The zero-order chi connectivity index (χ0) is 20.3. The van der Waals surface area contributed by atoms with Gasteiger partial charge in [0.25, 0.3) is 5.91 Å². The fourth-order valence-electron chi connectivity index (χ4n) is 3.60. The van der Waals surface area contributed by atoms with Gasteiger partial charge >= 0.3 is 0 Å². The standard InChI is InChI=1S/C21H22N4O4S/c26-21(15-4-5-16-17(13-15)28-11-2-10-27-16)25-8-6-24(7-9-25)14-19-22-20(23-29-19)18-3-1-12-30-18/h1,3-5,12-13H,2,6-11,14H2. The van der Waals surface area contributed by atoms with Crippen molar-refractivity contribution >= 4 is 17.2 Å². The fraction of sp³-hybridized carbons (Fsp3) is 0.381. The molecule has 4 heterocycles. The normalized spacial score (nSPS) is 17.0. The van der Waals surface area contributed by atoms with Crippen LogP contribution in [0.3, 0.4) is 0 Å². The molecule has 1 aromatic carbocycles. The molecular weight excluding hydrogens is 404 g/mol. The molecule has 1 amide bonds. The average Bonchev–Trinajstić information content (AvgIpc) is 3.41. The molecule has 156 valence electrons. The van der Waals surface area contributed by atoms with E-state index in [9.17, 15) is 4.79 Å². The summed E-state index contributed by atoms with van der Waals surface area (Å²) in [5.74, 6) is 2.60. The zero-order valence-electron chi connectivity index (χ0n) is 16.5. The van der Waals surface area contributed by atoms with Crippen LogP contribution in [0.5, 0.6) is 11.5 Å². The molecule has 3 aromatic rings.